The Kier molecular flexibility index (Phi) is 13.2. The van der Waals surface area contributed by atoms with E-state index in [0.29, 0.717) is 31.7 Å². The molecule has 9 nitrogen and oxygen atoms in total. The van der Waals surface area contributed by atoms with Crippen molar-refractivity contribution in [2.24, 2.45) is 5.92 Å². The summed E-state index contributed by atoms with van der Waals surface area (Å²) in [4.78, 5) is 37.5. The lowest BCUT2D eigenvalue weighted by atomic mass is 9.94. The van der Waals surface area contributed by atoms with E-state index in [2.05, 4.69) is 16.0 Å². The number of aldehydes is 1. The van der Waals surface area contributed by atoms with Crippen LogP contribution in [0, 0.1) is 5.92 Å². The molecule has 0 bridgehead atoms. The number of aliphatic hydroxyl groups is 1. The Hall–Kier alpha value is -2.75. The highest BCUT2D eigenvalue weighted by molar-refractivity contribution is 5.85. The van der Waals surface area contributed by atoms with Crippen LogP contribution < -0.4 is 20.7 Å². The van der Waals surface area contributed by atoms with Crippen molar-refractivity contribution in [2.45, 2.75) is 51.8 Å². The lowest BCUT2D eigenvalue weighted by Gasteiger charge is -2.36. The number of carbonyl (C=O) groups is 3. The van der Waals surface area contributed by atoms with Crippen LogP contribution in [0.25, 0.3) is 6.08 Å². The molecular formula is C26H42N4O5. The molecule has 0 aliphatic carbocycles. The van der Waals surface area contributed by atoms with Crippen molar-refractivity contribution in [3.63, 3.8) is 0 Å². The van der Waals surface area contributed by atoms with E-state index in [-0.39, 0.29) is 24.3 Å². The van der Waals surface area contributed by atoms with E-state index in [4.69, 9.17) is 4.74 Å². The van der Waals surface area contributed by atoms with Crippen LogP contribution in [0.3, 0.4) is 0 Å². The van der Waals surface area contributed by atoms with Gasteiger partial charge in [-0.15, -0.1) is 0 Å². The Morgan fingerprint density at radius 2 is 1.94 bits per heavy atom. The van der Waals surface area contributed by atoms with E-state index in [0.717, 1.165) is 12.0 Å². The van der Waals surface area contributed by atoms with Gasteiger partial charge >= 0.3 is 0 Å². The number of carbonyl (C=O) groups excluding carboxylic acids is 3. The molecule has 0 saturated carbocycles. The summed E-state index contributed by atoms with van der Waals surface area (Å²) in [7, 11) is 3.26. The number of benzene rings is 1. The molecule has 35 heavy (non-hydrogen) atoms. The Bertz CT molecular complexity index is 837. The minimum atomic E-state index is -1.35. The van der Waals surface area contributed by atoms with Crippen LogP contribution in [-0.2, 0) is 14.4 Å². The Morgan fingerprint density at radius 3 is 2.54 bits per heavy atom. The Morgan fingerprint density at radius 1 is 1.26 bits per heavy atom. The summed E-state index contributed by atoms with van der Waals surface area (Å²) in [6.45, 7) is 8.42. The predicted octanol–water partition coefficient (Wildman–Crippen LogP) is 1.22. The van der Waals surface area contributed by atoms with Crippen LogP contribution >= 0.6 is 0 Å². The second-order valence-electron chi connectivity index (χ2n) is 9.12. The van der Waals surface area contributed by atoms with Crippen molar-refractivity contribution in [3.05, 3.63) is 35.9 Å². The van der Waals surface area contributed by atoms with Crippen LogP contribution in [0.2, 0.25) is 0 Å². The van der Waals surface area contributed by atoms with Gasteiger partial charge in [0, 0.05) is 25.7 Å². The van der Waals surface area contributed by atoms with Crippen LogP contribution in [0.4, 0.5) is 0 Å². The number of hydrogen-bond acceptors (Lipinski definition) is 7. The predicted molar refractivity (Wildman–Crippen MR) is 138 cm³/mol. The molecule has 2 amide bonds. The number of para-hydroxylation sites is 1. The van der Waals surface area contributed by atoms with Gasteiger partial charge in [-0.2, -0.15) is 0 Å². The number of hydrogen-bond donors (Lipinski definition) is 4. The number of ether oxygens (including phenoxy) is 1. The third-order valence-corrected chi connectivity index (χ3v) is 5.79. The molecule has 0 fully saturated rings. The fraction of sp³-hybridized carbons (Fsp3) is 0.577. The lowest BCUT2D eigenvalue weighted by molar-refractivity contribution is -0.144. The summed E-state index contributed by atoms with van der Waals surface area (Å²) in [5.41, 5.74) is -0.467. The van der Waals surface area contributed by atoms with Gasteiger partial charge in [0.25, 0.3) is 0 Å². The van der Waals surface area contributed by atoms with Gasteiger partial charge in [-0.1, -0.05) is 50.6 Å². The van der Waals surface area contributed by atoms with Gasteiger partial charge in [0.1, 0.15) is 24.7 Å². The van der Waals surface area contributed by atoms with E-state index in [1.165, 1.54) is 25.8 Å². The highest BCUT2D eigenvalue weighted by Gasteiger charge is 2.36. The van der Waals surface area contributed by atoms with E-state index in [1.54, 1.807) is 7.05 Å². The molecule has 0 spiro atoms. The fourth-order valence-electron chi connectivity index (χ4n) is 3.56. The minimum absolute atomic E-state index is 0.0207. The first-order valence-corrected chi connectivity index (χ1v) is 12.0. The molecule has 3 unspecified atom stereocenters. The SMILES string of the molecule is CCC(C)C(NCCOc1ccccc1/C=C/CNC(=O)CNC)C(=O)N(C)C(C=O)C(C)(C)O. The smallest absolute Gasteiger partial charge is 0.240 e. The van der Waals surface area contributed by atoms with Crippen LogP contribution in [0.1, 0.15) is 39.7 Å². The van der Waals surface area contributed by atoms with E-state index >= 15 is 0 Å². The molecule has 4 N–H and O–H groups in total. The third kappa shape index (κ3) is 10.2. The van der Waals surface area contributed by atoms with Crippen molar-refractivity contribution in [2.75, 3.05) is 40.3 Å². The molecule has 1 aromatic carbocycles. The van der Waals surface area contributed by atoms with Gasteiger partial charge in [-0.25, -0.2) is 0 Å². The average molecular weight is 491 g/mol. The topological polar surface area (TPSA) is 120 Å². The van der Waals surface area contributed by atoms with Crippen molar-refractivity contribution < 1.29 is 24.2 Å². The highest BCUT2D eigenvalue weighted by atomic mass is 16.5. The zero-order chi connectivity index (χ0) is 26.4. The quantitative estimate of drug-likeness (QED) is 0.203. The minimum Gasteiger partial charge on any atom is -0.492 e. The normalized spacial score (nSPS) is 14.3. The number of nitrogens with one attached hydrogen (secondary N) is 3. The maximum Gasteiger partial charge on any atom is 0.240 e. The van der Waals surface area contributed by atoms with E-state index in [9.17, 15) is 19.5 Å². The summed E-state index contributed by atoms with van der Waals surface area (Å²) in [6.07, 6.45) is 5.11. The largest absolute Gasteiger partial charge is 0.492 e. The van der Waals surface area contributed by atoms with Crippen LogP contribution in [0.15, 0.2) is 30.3 Å². The molecule has 0 heterocycles. The van der Waals surface area contributed by atoms with Gasteiger partial charge in [-0.05, 0) is 32.9 Å². The molecular weight excluding hydrogens is 448 g/mol. The van der Waals surface area contributed by atoms with E-state index < -0.39 is 17.7 Å². The molecule has 196 valence electrons. The zero-order valence-electron chi connectivity index (χ0n) is 21.8. The zero-order valence-corrected chi connectivity index (χ0v) is 21.8. The molecule has 0 aliphatic rings. The van der Waals surface area contributed by atoms with Gasteiger partial charge in [0.15, 0.2) is 0 Å². The summed E-state index contributed by atoms with van der Waals surface area (Å²) < 4.78 is 5.95. The second kappa shape index (κ2) is 15.3. The Balaban J connectivity index is 2.73. The second-order valence-corrected chi connectivity index (χ2v) is 9.12. The van der Waals surface area contributed by atoms with Crippen molar-refractivity contribution in [1.82, 2.24) is 20.9 Å². The third-order valence-electron chi connectivity index (χ3n) is 5.79. The van der Waals surface area contributed by atoms with Crippen LogP contribution in [-0.4, -0.2) is 86.1 Å². The van der Waals surface area contributed by atoms with Gasteiger partial charge < -0.3 is 35.5 Å². The fourth-order valence-corrected chi connectivity index (χ4v) is 3.56. The molecule has 1 aromatic rings. The summed E-state index contributed by atoms with van der Waals surface area (Å²) in [5.74, 6) is 0.388. The van der Waals surface area contributed by atoms with E-state index in [1.807, 2.05) is 50.3 Å². The molecule has 0 radical (unpaired) electrons. The molecule has 0 aromatic heterocycles. The highest BCUT2D eigenvalue weighted by Crippen LogP contribution is 2.20. The first-order valence-electron chi connectivity index (χ1n) is 12.0. The monoisotopic (exact) mass is 490 g/mol. The number of nitrogens with zero attached hydrogens (tertiary/aromatic N) is 1. The molecule has 0 aliphatic heterocycles. The summed E-state index contributed by atoms with van der Waals surface area (Å²) in [5, 5.41) is 19.1. The van der Waals surface area contributed by atoms with Crippen molar-refractivity contribution in [1.29, 1.82) is 0 Å². The standard InChI is InChI=1S/C26H42N4O5/c1-7-19(2)24(25(33)30(6)22(18-31)26(3,4)34)29-15-16-35-21-13-9-8-11-20(21)12-10-14-28-23(32)17-27-5/h8-13,18-19,22,24,27,29,34H,7,14-17H2,1-6H3,(H,28,32)/b12-10+. The first kappa shape index (κ1) is 30.3. The van der Waals surface area contributed by atoms with Gasteiger partial charge in [-0.3, -0.25) is 9.59 Å². The maximum absolute atomic E-state index is 13.2. The van der Waals surface area contributed by atoms with Crippen molar-refractivity contribution >= 4 is 24.2 Å². The van der Waals surface area contributed by atoms with Gasteiger partial charge in [0.2, 0.25) is 11.8 Å². The summed E-state index contributed by atoms with van der Waals surface area (Å²) >= 11 is 0. The van der Waals surface area contributed by atoms with Crippen molar-refractivity contribution in [3.8, 4) is 5.75 Å². The Labute approximate surface area is 209 Å². The lowest BCUT2D eigenvalue weighted by Crippen LogP contribution is -2.57. The summed E-state index contributed by atoms with van der Waals surface area (Å²) in [6, 6.07) is 6.11. The molecule has 3 atom stereocenters. The number of likely N-dealkylation sites (N-methyl/N-ethyl adjacent to an activating group) is 2. The first-order chi connectivity index (χ1) is 16.6. The van der Waals surface area contributed by atoms with Gasteiger partial charge in [0.05, 0.1) is 18.2 Å². The molecule has 0 saturated heterocycles. The molecule has 1 rings (SSSR count). The molecule has 9 heteroatoms. The van der Waals surface area contributed by atoms with Crippen LogP contribution in [0.5, 0.6) is 5.75 Å². The average Bonchev–Trinajstić information content (AvgIpc) is 2.81. The maximum atomic E-state index is 13.2. The number of amides is 2. The number of rotatable bonds is 16.